The molecular formula is C23H23BrClN5O4S2. The molecule has 2 N–H and O–H groups in total. The minimum Gasteiger partial charge on any atom is -0.370 e. The van der Waals surface area contributed by atoms with Crippen LogP contribution in [0.4, 0.5) is 5.82 Å². The number of benzene rings is 2. The highest BCUT2D eigenvalue weighted by Gasteiger charge is 2.16. The van der Waals surface area contributed by atoms with Gasteiger partial charge in [-0.2, -0.15) is 9.61 Å². The van der Waals surface area contributed by atoms with Crippen LogP contribution in [-0.2, 0) is 19.9 Å². The quantitative estimate of drug-likeness (QED) is 0.255. The molecule has 190 valence electrons. The van der Waals surface area contributed by atoms with E-state index >= 15 is 0 Å². The van der Waals surface area contributed by atoms with Gasteiger partial charge in [-0.3, -0.25) is 0 Å². The van der Waals surface area contributed by atoms with E-state index in [2.05, 4.69) is 36.1 Å². The zero-order valence-corrected chi connectivity index (χ0v) is 23.1. The normalized spacial score (nSPS) is 12.2. The number of nitrogens with zero attached hydrogens (tertiary/aromatic N) is 3. The van der Waals surface area contributed by atoms with E-state index in [1.165, 1.54) is 24.3 Å². The fourth-order valence-corrected chi connectivity index (χ4v) is 5.78. The number of aromatic nitrogens is 3. The Kier molecular flexibility index (Phi) is 8.00. The van der Waals surface area contributed by atoms with Gasteiger partial charge >= 0.3 is 0 Å². The molecule has 0 fully saturated rings. The third-order valence-corrected chi connectivity index (χ3v) is 8.84. The van der Waals surface area contributed by atoms with Crippen LogP contribution in [-0.4, -0.2) is 50.8 Å². The van der Waals surface area contributed by atoms with Crippen molar-refractivity contribution in [2.45, 2.75) is 22.6 Å². The molecule has 36 heavy (non-hydrogen) atoms. The molecular weight excluding hydrogens is 590 g/mol. The number of hydrogen-bond acceptors (Lipinski definition) is 7. The molecule has 4 aromatic rings. The van der Waals surface area contributed by atoms with Crippen LogP contribution in [0.2, 0.25) is 5.02 Å². The summed E-state index contributed by atoms with van der Waals surface area (Å²) in [6, 6.07) is 14.5. The van der Waals surface area contributed by atoms with E-state index in [1.807, 2.05) is 30.3 Å². The first-order valence-electron chi connectivity index (χ1n) is 10.9. The minimum absolute atomic E-state index is 0.0172. The summed E-state index contributed by atoms with van der Waals surface area (Å²) in [6.45, 7) is 0.811. The summed E-state index contributed by atoms with van der Waals surface area (Å²) < 4.78 is 53.1. The Bertz CT molecular complexity index is 1610. The van der Waals surface area contributed by atoms with Crippen LogP contribution in [0, 0.1) is 0 Å². The van der Waals surface area contributed by atoms with Crippen LogP contribution in [0.15, 0.2) is 75.1 Å². The van der Waals surface area contributed by atoms with Crippen LogP contribution < -0.4 is 10.0 Å². The van der Waals surface area contributed by atoms with E-state index in [4.69, 9.17) is 11.6 Å². The fourth-order valence-electron chi connectivity index (χ4n) is 3.49. The van der Waals surface area contributed by atoms with E-state index in [-0.39, 0.29) is 16.3 Å². The zero-order valence-electron chi connectivity index (χ0n) is 19.1. The Hall–Kier alpha value is -2.51. The fraction of sp³-hybridized carbons (Fsp3) is 0.217. The van der Waals surface area contributed by atoms with E-state index in [0.29, 0.717) is 35.8 Å². The van der Waals surface area contributed by atoms with Crippen molar-refractivity contribution in [3.63, 3.8) is 0 Å². The Morgan fingerprint density at radius 3 is 2.33 bits per heavy atom. The van der Waals surface area contributed by atoms with Crippen LogP contribution in [0.25, 0.3) is 16.9 Å². The third-order valence-electron chi connectivity index (χ3n) is 5.34. The maximum atomic E-state index is 12.5. The largest absolute Gasteiger partial charge is 0.370 e. The minimum atomic E-state index is -3.73. The first-order valence-corrected chi connectivity index (χ1v) is 15.4. The molecule has 13 heteroatoms. The summed E-state index contributed by atoms with van der Waals surface area (Å²) in [5.41, 5.74) is 2.15. The number of hydrogen-bond donors (Lipinski definition) is 2. The van der Waals surface area contributed by atoms with Gasteiger partial charge in [0.2, 0.25) is 10.0 Å². The van der Waals surface area contributed by atoms with Gasteiger partial charge in [0.25, 0.3) is 0 Å². The van der Waals surface area contributed by atoms with Gasteiger partial charge in [0.1, 0.15) is 5.82 Å². The summed E-state index contributed by atoms with van der Waals surface area (Å²) in [5, 5.41) is 8.29. The molecule has 0 saturated carbocycles. The molecule has 4 rings (SSSR count). The summed E-state index contributed by atoms with van der Waals surface area (Å²) >= 11 is 9.85. The average molecular weight is 613 g/mol. The SMILES string of the molecule is CS(=O)(=O)c1ccc(S(=O)(=O)NCCCCNc2cc(-c3ccccc3Cl)nc3c(Br)cnn23)cc1. The standard InChI is InChI=1S/C23H23BrClN5O4S2/c1-35(31,32)16-8-10-17(11-9-16)36(33,34)28-13-5-4-12-26-22-14-21(18-6-2-3-7-20(18)25)29-23-19(24)15-27-30(22)23/h2-3,6-11,14-15,26,28H,4-5,12-13H2,1H3. The number of nitrogens with one attached hydrogen (secondary N) is 2. The summed E-state index contributed by atoms with van der Waals surface area (Å²) in [4.78, 5) is 4.76. The monoisotopic (exact) mass is 611 g/mol. The first-order chi connectivity index (χ1) is 17.1. The number of halogens is 2. The Balaban J connectivity index is 1.36. The molecule has 0 aliphatic carbocycles. The van der Waals surface area contributed by atoms with Gasteiger partial charge in [0.15, 0.2) is 15.5 Å². The van der Waals surface area contributed by atoms with Crippen molar-refractivity contribution in [3.05, 3.63) is 70.3 Å². The van der Waals surface area contributed by atoms with Gasteiger partial charge in [0.05, 0.1) is 26.2 Å². The van der Waals surface area contributed by atoms with Crippen molar-refractivity contribution < 1.29 is 16.8 Å². The van der Waals surface area contributed by atoms with Crippen molar-refractivity contribution in [2.75, 3.05) is 24.7 Å². The smallest absolute Gasteiger partial charge is 0.240 e. The lowest BCUT2D eigenvalue weighted by molar-refractivity contribution is 0.577. The van der Waals surface area contributed by atoms with Gasteiger partial charge < -0.3 is 5.32 Å². The Morgan fingerprint density at radius 1 is 0.972 bits per heavy atom. The molecule has 0 saturated heterocycles. The van der Waals surface area contributed by atoms with Gasteiger partial charge in [-0.25, -0.2) is 26.5 Å². The van der Waals surface area contributed by atoms with Gasteiger partial charge in [-0.15, -0.1) is 0 Å². The van der Waals surface area contributed by atoms with E-state index < -0.39 is 19.9 Å². The van der Waals surface area contributed by atoms with Crippen LogP contribution in [0.3, 0.4) is 0 Å². The maximum absolute atomic E-state index is 12.5. The Morgan fingerprint density at radius 2 is 1.64 bits per heavy atom. The topological polar surface area (TPSA) is 123 Å². The predicted molar refractivity (Wildman–Crippen MR) is 144 cm³/mol. The molecule has 0 aliphatic rings. The number of rotatable bonds is 10. The molecule has 0 radical (unpaired) electrons. The first kappa shape index (κ1) is 26.6. The second-order valence-electron chi connectivity index (χ2n) is 8.01. The molecule has 0 bridgehead atoms. The third kappa shape index (κ3) is 6.06. The summed E-state index contributed by atoms with van der Waals surface area (Å²) in [7, 11) is -7.12. The summed E-state index contributed by atoms with van der Waals surface area (Å²) in [5.74, 6) is 0.729. The van der Waals surface area contributed by atoms with Gasteiger partial charge in [-0.05, 0) is 59.1 Å². The molecule has 2 aromatic carbocycles. The number of sulfone groups is 1. The van der Waals surface area contributed by atoms with Crippen molar-refractivity contribution in [1.82, 2.24) is 19.3 Å². The van der Waals surface area contributed by atoms with Crippen molar-refractivity contribution in [3.8, 4) is 11.3 Å². The molecule has 9 nitrogen and oxygen atoms in total. The highest BCUT2D eigenvalue weighted by Crippen LogP contribution is 2.30. The zero-order chi connectivity index (χ0) is 25.9. The van der Waals surface area contributed by atoms with E-state index in [0.717, 1.165) is 22.1 Å². The van der Waals surface area contributed by atoms with Crippen LogP contribution in [0.5, 0.6) is 0 Å². The number of sulfonamides is 1. The lowest BCUT2D eigenvalue weighted by Gasteiger charge is -2.12. The van der Waals surface area contributed by atoms with Crippen molar-refractivity contribution in [2.24, 2.45) is 0 Å². The highest BCUT2D eigenvalue weighted by molar-refractivity contribution is 9.10. The molecule has 0 aliphatic heterocycles. The van der Waals surface area contributed by atoms with E-state index in [1.54, 1.807) is 10.7 Å². The molecule has 2 aromatic heterocycles. The molecule has 0 spiro atoms. The predicted octanol–water partition coefficient (Wildman–Crippen LogP) is 4.39. The lowest BCUT2D eigenvalue weighted by Crippen LogP contribution is -2.25. The maximum Gasteiger partial charge on any atom is 0.240 e. The van der Waals surface area contributed by atoms with Crippen molar-refractivity contribution in [1.29, 1.82) is 0 Å². The second kappa shape index (κ2) is 10.9. The molecule has 0 unspecified atom stereocenters. The number of fused-ring (bicyclic) bond motifs is 1. The van der Waals surface area contributed by atoms with Gasteiger partial charge in [0, 0.05) is 36.0 Å². The molecule has 0 amide bonds. The second-order valence-corrected chi connectivity index (χ2v) is 13.1. The molecule has 2 heterocycles. The Labute approximate surface area is 223 Å². The number of unbranched alkanes of at least 4 members (excludes halogenated alkanes) is 1. The van der Waals surface area contributed by atoms with E-state index in [9.17, 15) is 16.8 Å². The van der Waals surface area contributed by atoms with Crippen LogP contribution in [0.1, 0.15) is 12.8 Å². The van der Waals surface area contributed by atoms with Crippen LogP contribution >= 0.6 is 27.5 Å². The molecule has 0 atom stereocenters. The number of anilines is 1. The average Bonchev–Trinajstić information content (AvgIpc) is 3.22. The van der Waals surface area contributed by atoms with Gasteiger partial charge in [-0.1, -0.05) is 29.8 Å². The highest BCUT2D eigenvalue weighted by atomic mass is 79.9. The van der Waals surface area contributed by atoms with Crippen molar-refractivity contribution >= 4 is 58.9 Å². The summed E-state index contributed by atoms with van der Waals surface area (Å²) in [6.07, 6.45) is 4.01. The lowest BCUT2D eigenvalue weighted by atomic mass is 10.1.